The Morgan fingerprint density at radius 1 is 1.28 bits per heavy atom. The first-order chi connectivity index (χ1) is 8.56. The van der Waals surface area contributed by atoms with Gasteiger partial charge in [-0.05, 0) is 40.2 Å². The van der Waals surface area contributed by atoms with Crippen LogP contribution in [-0.4, -0.2) is 4.92 Å². The molecule has 94 valence electrons. The van der Waals surface area contributed by atoms with Crippen molar-refractivity contribution in [2.24, 2.45) is 0 Å². The Labute approximate surface area is 124 Å². The van der Waals surface area contributed by atoms with Crippen LogP contribution in [0.1, 0.15) is 4.88 Å². The predicted molar refractivity (Wildman–Crippen MR) is 80.1 cm³/mol. The van der Waals surface area contributed by atoms with Crippen LogP contribution in [-0.2, 0) is 6.54 Å². The fourth-order valence-electron chi connectivity index (χ4n) is 1.37. The molecule has 0 aliphatic heterocycles. The molecule has 0 bridgehead atoms. The lowest BCUT2D eigenvalue weighted by Crippen LogP contribution is -1.97. The Morgan fingerprint density at radius 2 is 2.06 bits per heavy atom. The maximum absolute atomic E-state index is 10.6. The summed E-state index contributed by atoms with van der Waals surface area (Å²) in [5.41, 5.74) is 0.953. The smallest absolute Gasteiger partial charge is 0.324 e. The van der Waals surface area contributed by atoms with E-state index in [-0.39, 0.29) is 9.92 Å². The lowest BCUT2D eigenvalue weighted by molar-refractivity contribution is -0.380. The lowest BCUT2D eigenvalue weighted by Gasteiger charge is -2.07. The molecule has 1 aromatic heterocycles. The van der Waals surface area contributed by atoms with Gasteiger partial charge in [0, 0.05) is 32.1 Å². The zero-order valence-corrected chi connectivity index (χ0v) is 13.0. The van der Waals surface area contributed by atoms with Crippen molar-refractivity contribution in [3.63, 3.8) is 0 Å². The highest BCUT2D eigenvalue weighted by atomic mass is 79.9. The average molecular weight is 392 g/mol. The summed E-state index contributed by atoms with van der Waals surface area (Å²) in [7, 11) is 0. The third-order valence-electron chi connectivity index (χ3n) is 2.21. The van der Waals surface area contributed by atoms with E-state index >= 15 is 0 Å². The molecule has 0 aliphatic carbocycles. The Kier molecular flexibility index (Phi) is 4.36. The summed E-state index contributed by atoms with van der Waals surface area (Å²) in [6.45, 7) is 0.568. The van der Waals surface area contributed by atoms with E-state index in [1.807, 2.05) is 18.2 Å². The molecule has 1 aromatic carbocycles. The fourth-order valence-corrected chi connectivity index (χ4v) is 3.32. The number of nitro groups is 1. The molecule has 0 atom stereocenters. The molecule has 0 radical (unpaired) electrons. The number of rotatable bonds is 4. The normalized spacial score (nSPS) is 10.3. The van der Waals surface area contributed by atoms with E-state index in [0.717, 1.165) is 19.5 Å². The number of hydrogen-bond donors (Lipinski definition) is 1. The van der Waals surface area contributed by atoms with E-state index in [0.29, 0.717) is 6.54 Å². The van der Waals surface area contributed by atoms with E-state index in [1.54, 1.807) is 6.07 Å². The number of anilines is 1. The first-order valence-electron chi connectivity index (χ1n) is 4.98. The monoisotopic (exact) mass is 390 g/mol. The molecule has 0 saturated carbocycles. The quantitative estimate of drug-likeness (QED) is 0.601. The molecular weight excluding hydrogens is 384 g/mol. The van der Waals surface area contributed by atoms with Crippen LogP contribution in [0, 0.1) is 10.1 Å². The summed E-state index contributed by atoms with van der Waals surface area (Å²) in [5, 5.41) is 14.0. The van der Waals surface area contributed by atoms with Gasteiger partial charge in [0.15, 0.2) is 0 Å². The summed E-state index contributed by atoms with van der Waals surface area (Å²) in [6.07, 6.45) is 0. The summed E-state index contributed by atoms with van der Waals surface area (Å²) in [4.78, 5) is 11.1. The van der Waals surface area contributed by atoms with Gasteiger partial charge in [-0.2, -0.15) is 0 Å². The molecule has 0 fully saturated rings. The number of halogens is 2. The van der Waals surface area contributed by atoms with Crippen LogP contribution in [0.25, 0.3) is 0 Å². The Hall–Kier alpha value is -0.920. The molecule has 0 saturated heterocycles. The van der Waals surface area contributed by atoms with Gasteiger partial charge in [-0.15, -0.1) is 0 Å². The van der Waals surface area contributed by atoms with Gasteiger partial charge in [0.1, 0.15) is 0 Å². The van der Waals surface area contributed by atoms with E-state index in [1.165, 1.54) is 17.4 Å². The molecule has 4 nitrogen and oxygen atoms in total. The summed E-state index contributed by atoms with van der Waals surface area (Å²) >= 11 is 8.02. The second-order valence-corrected chi connectivity index (χ2v) is 6.39. The van der Waals surface area contributed by atoms with Gasteiger partial charge in [-0.3, -0.25) is 10.1 Å². The SMILES string of the molecule is O=[N+]([O-])c1ccc(CNc2ccc(Br)cc2Br)s1. The van der Waals surface area contributed by atoms with Gasteiger partial charge in [0.25, 0.3) is 0 Å². The molecule has 0 unspecified atom stereocenters. The highest BCUT2D eigenvalue weighted by Crippen LogP contribution is 2.28. The average Bonchev–Trinajstić information content (AvgIpc) is 2.76. The summed E-state index contributed by atoms with van der Waals surface area (Å²) in [5.74, 6) is 0. The van der Waals surface area contributed by atoms with Crippen LogP contribution in [0.15, 0.2) is 39.3 Å². The minimum atomic E-state index is -0.371. The topological polar surface area (TPSA) is 55.2 Å². The van der Waals surface area contributed by atoms with Crippen molar-refractivity contribution in [1.82, 2.24) is 0 Å². The van der Waals surface area contributed by atoms with Gasteiger partial charge in [-0.1, -0.05) is 27.3 Å². The fraction of sp³-hybridized carbons (Fsp3) is 0.0909. The maximum atomic E-state index is 10.6. The van der Waals surface area contributed by atoms with Crippen LogP contribution in [0.3, 0.4) is 0 Å². The molecular formula is C11H8Br2N2O2S. The van der Waals surface area contributed by atoms with Crippen molar-refractivity contribution in [3.8, 4) is 0 Å². The van der Waals surface area contributed by atoms with Crippen molar-refractivity contribution >= 4 is 53.9 Å². The molecule has 0 aliphatic rings. The van der Waals surface area contributed by atoms with Crippen LogP contribution < -0.4 is 5.32 Å². The molecule has 1 N–H and O–H groups in total. The zero-order valence-electron chi connectivity index (χ0n) is 9.02. The second-order valence-electron chi connectivity index (χ2n) is 3.47. The Balaban J connectivity index is 2.04. The molecule has 2 rings (SSSR count). The molecule has 7 heteroatoms. The van der Waals surface area contributed by atoms with Gasteiger partial charge >= 0.3 is 5.00 Å². The third kappa shape index (κ3) is 3.30. The molecule has 2 aromatic rings. The Bertz CT molecular complexity index is 586. The largest absolute Gasteiger partial charge is 0.379 e. The number of nitrogens with zero attached hydrogens (tertiary/aromatic N) is 1. The first kappa shape index (κ1) is 13.5. The molecule has 0 spiro atoms. The molecule has 18 heavy (non-hydrogen) atoms. The van der Waals surface area contributed by atoms with Crippen molar-refractivity contribution < 1.29 is 4.92 Å². The molecule has 1 heterocycles. The summed E-state index contributed by atoms with van der Waals surface area (Å²) in [6, 6.07) is 9.11. The van der Waals surface area contributed by atoms with E-state index in [4.69, 9.17) is 0 Å². The maximum Gasteiger partial charge on any atom is 0.324 e. The van der Waals surface area contributed by atoms with Crippen LogP contribution in [0.2, 0.25) is 0 Å². The zero-order chi connectivity index (χ0) is 13.1. The third-order valence-corrected chi connectivity index (χ3v) is 4.40. The van der Waals surface area contributed by atoms with Gasteiger partial charge in [0.2, 0.25) is 0 Å². The highest BCUT2D eigenvalue weighted by molar-refractivity contribution is 9.11. The van der Waals surface area contributed by atoms with E-state index in [2.05, 4.69) is 37.2 Å². The van der Waals surface area contributed by atoms with Crippen molar-refractivity contribution in [3.05, 3.63) is 54.3 Å². The number of hydrogen-bond acceptors (Lipinski definition) is 4. The van der Waals surface area contributed by atoms with Gasteiger partial charge in [0.05, 0.1) is 4.92 Å². The van der Waals surface area contributed by atoms with Crippen LogP contribution in [0.4, 0.5) is 10.7 Å². The second kappa shape index (κ2) is 5.81. The van der Waals surface area contributed by atoms with Crippen LogP contribution >= 0.6 is 43.2 Å². The minimum absolute atomic E-state index is 0.168. The molecule has 0 amide bonds. The minimum Gasteiger partial charge on any atom is -0.379 e. The van der Waals surface area contributed by atoms with Crippen molar-refractivity contribution in [2.75, 3.05) is 5.32 Å². The Morgan fingerprint density at radius 3 is 2.67 bits per heavy atom. The first-order valence-corrected chi connectivity index (χ1v) is 7.38. The van der Waals surface area contributed by atoms with E-state index in [9.17, 15) is 10.1 Å². The summed E-state index contributed by atoms with van der Waals surface area (Å²) < 4.78 is 1.94. The van der Waals surface area contributed by atoms with Crippen molar-refractivity contribution in [2.45, 2.75) is 6.54 Å². The van der Waals surface area contributed by atoms with Gasteiger partial charge < -0.3 is 5.32 Å². The predicted octanol–water partition coefficient (Wildman–Crippen LogP) is 4.79. The lowest BCUT2D eigenvalue weighted by atomic mass is 10.3. The number of nitrogens with one attached hydrogen (secondary N) is 1. The standard InChI is InChI=1S/C11H8Br2N2O2S/c12-7-1-3-10(9(13)5-7)14-6-8-2-4-11(18-8)15(16)17/h1-5,14H,6H2. The van der Waals surface area contributed by atoms with Crippen molar-refractivity contribution in [1.29, 1.82) is 0 Å². The highest BCUT2D eigenvalue weighted by Gasteiger charge is 2.09. The van der Waals surface area contributed by atoms with Gasteiger partial charge in [-0.25, -0.2) is 0 Å². The number of thiophene rings is 1. The van der Waals surface area contributed by atoms with Crippen LogP contribution in [0.5, 0.6) is 0 Å². The van der Waals surface area contributed by atoms with E-state index < -0.39 is 0 Å². The number of benzene rings is 1.